The summed E-state index contributed by atoms with van der Waals surface area (Å²) in [4.78, 5) is 23.1. The maximum Gasteiger partial charge on any atom is 0.163 e. The number of ether oxygens (including phenoxy) is 5. The number of benzene rings is 10. The van der Waals surface area contributed by atoms with Gasteiger partial charge in [0, 0.05) is 61.4 Å². The van der Waals surface area contributed by atoms with Crippen molar-refractivity contribution in [3.05, 3.63) is 295 Å². The number of Topliss-reactive ketones (excluding diaryl/α,β-unsaturated/α-hetero) is 2. The summed E-state index contributed by atoms with van der Waals surface area (Å²) < 4.78 is 28.2. The van der Waals surface area contributed by atoms with E-state index in [2.05, 4.69) is 6.58 Å². The Hall–Kier alpha value is -6.24. The summed E-state index contributed by atoms with van der Waals surface area (Å²) >= 11 is 70.4. The maximum atomic E-state index is 11.6. The third-order valence-corrected chi connectivity index (χ3v) is 14.4. The van der Waals surface area contributed by atoms with Crippen molar-refractivity contribution >= 4 is 156 Å². The summed E-state index contributed by atoms with van der Waals surface area (Å²) in [5, 5.41) is 6.92. The van der Waals surface area contributed by atoms with Gasteiger partial charge in [-0.25, -0.2) is 0 Å². The zero-order valence-corrected chi connectivity index (χ0v) is 53.3. The third kappa shape index (κ3) is 21.0. The highest BCUT2D eigenvalue weighted by molar-refractivity contribution is 6.37. The van der Waals surface area contributed by atoms with Crippen LogP contribution in [0, 0.1) is 0 Å². The number of hydrogen-bond donors (Lipinski definition) is 0. The Labute approximate surface area is 558 Å². The average Bonchev–Trinajstić information content (AvgIpc) is 1.27. The lowest BCUT2D eigenvalue weighted by atomic mass is 9.95. The van der Waals surface area contributed by atoms with Crippen LogP contribution in [0.15, 0.2) is 213 Å². The number of carbonyl (C=O) groups excluding carboxylic acids is 2. The minimum absolute atomic E-state index is 0. The van der Waals surface area contributed by atoms with Gasteiger partial charge in [0.1, 0.15) is 57.5 Å². The molecule has 0 saturated carbocycles. The molecule has 1 heterocycles. The summed E-state index contributed by atoms with van der Waals surface area (Å²) in [6.45, 7) is 7.00. The maximum absolute atomic E-state index is 11.6. The number of ketones is 2. The molecule has 0 radical (unpaired) electrons. The van der Waals surface area contributed by atoms with Gasteiger partial charge in [0.05, 0.1) is 21.2 Å². The highest BCUT2D eigenvalue weighted by Crippen LogP contribution is 2.45. The van der Waals surface area contributed by atoms with Crippen LogP contribution < -0.4 is 23.7 Å². The van der Waals surface area contributed by atoms with Crippen LogP contribution in [0.2, 0.25) is 60.3 Å². The largest absolute Gasteiger partial charge is 0.457 e. The Bertz CT molecular complexity index is 3880. The predicted molar refractivity (Wildman–Crippen MR) is 360 cm³/mol. The van der Waals surface area contributed by atoms with Gasteiger partial charge in [-0.15, -0.1) is 0 Å². The van der Waals surface area contributed by atoms with Crippen LogP contribution in [0.1, 0.15) is 53.1 Å². The van der Waals surface area contributed by atoms with Crippen LogP contribution in [-0.4, -0.2) is 11.6 Å². The van der Waals surface area contributed by atoms with Gasteiger partial charge in [-0.1, -0.05) is 153 Å². The second-order valence-corrected chi connectivity index (χ2v) is 22.8. The topological polar surface area (TPSA) is 80.3 Å². The van der Waals surface area contributed by atoms with Crippen LogP contribution in [0.5, 0.6) is 57.5 Å². The minimum Gasteiger partial charge on any atom is -0.457 e. The standard InChI is InChI=1S/C14H9Cl3O2.C14H10Cl2O2.C14H8Cl2O.C12H7Cl3O.C12H8Cl2O.CH4/c1-8(18)11-6-9(15)2-4-13(11)19-14-5-3-10(16)7-12(14)17;1-9(17)13-8-11(16)4-7-14(13)18-12-5-2-10(15)3-6-12;1-8-11-6-9(15)2-4-13(11)17-14-5-3-10(16)7-12(8)14;13-8-1-4-10(5-2-8)16-12-6-3-9(14)7-11(12)15;13-9-1-5-11(6-2-9)15-12-7-3-10(14)4-8-12;/h2-7H,1H3;2-8H,1H3;2-7H,1H2;1-7H;1-8H;1H4. The summed E-state index contributed by atoms with van der Waals surface area (Å²) in [7, 11) is 0. The number of carbonyl (C=O) groups is 2. The third-order valence-electron chi connectivity index (χ3n) is 11.3. The Kier molecular flexibility index (Phi) is 26.6. The molecule has 0 atom stereocenters. The van der Waals surface area contributed by atoms with Crippen LogP contribution in [0.25, 0.3) is 5.57 Å². The Morgan fingerprint density at radius 3 is 0.907 bits per heavy atom. The van der Waals surface area contributed by atoms with Crippen LogP contribution in [-0.2, 0) is 0 Å². The summed E-state index contributed by atoms with van der Waals surface area (Å²) in [6, 6.07) is 59.1. The average molecular weight is 1390 g/mol. The van der Waals surface area contributed by atoms with Crippen molar-refractivity contribution in [1.82, 2.24) is 0 Å². The summed E-state index contributed by atoms with van der Waals surface area (Å²) in [6.07, 6.45) is 0. The molecular formula is C67H46Cl12O7. The van der Waals surface area contributed by atoms with E-state index in [9.17, 15) is 9.59 Å². The van der Waals surface area contributed by atoms with Gasteiger partial charge in [0.2, 0.25) is 0 Å². The lowest BCUT2D eigenvalue weighted by Crippen LogP contribution is -2.01. The molecule has 11 rings (SSSR count). The SMILES string of the molecule is C.C=C1c2cc(Cl)ccc2Oc2ccc(Cl)cc21.CC(=O)c1cc(Cl)ccc1Oc1ccc(Cl)cc1.CC(=O)c1cc(Cl)ccc1Oc1ccc(Cl)cc1Cl.Clc1ccc(Oc2ccc(Cl)cc2)cc1.Clc1ccc(Oc2ccc(Cl)cc2Cl)cc1. The molecule has 10 aromatic rings. The van der Waals surface area contributed by atoms with Gasteiger partial charge >= 0.3 is 0 Å². The van der Waals surface area contributed by atoms with Crippen molar-refractivity contribution in [2.45, 2.75) is 21.3 Å². The van der Waals surface area contributed by atoms with Gasteiger partial charge in [-0.3, -0.25) is 9.59 Å². The van der Waals surface area contributed by atoms with Crippen molar-refractivity contribution in [3.8, 4) is 57.5 Å². The number of rotatable bonds is 10. The zero-order chi connectivity index (χ0) is 61.3. The molecule has 0 aromatic heterocycles. The fraction of sp³-hybridized carbons (Fsp3) is 0.0448. The van der Waals surface area contributed by atoms with E-state index in [-0.39, 0.29) is 19.0 Å². The van der Waals surface area contributed by atoms with E-state index in [0.29, 0.717) is 106 Å². The molecule has 10 aromatic carbocycles. The highest BCUT2D eigenvalue weighted by Gasteiger charge is 2.21. The second-order valence-electron chi connectivity index (χ2n) is 17.6. The molecule has 1 aliphatic rings. The molecule has 0 aliphatic carbocycles. The minimum atomic E-state index is -0.136. The first-order chi connectivity index (χ1) is 40.6. The van der Waals surface area contributed by atoms with Crippen LogP contribution in [0.4, 0.5) is 0 Å². The molecule has 0 unspecified atom stereocenters. The molecule has 1 aliphatic heterocycles. The Morgan fingerprint density at radius 1 is 0.314 bits per heavy atom. The van der Waals surface area contributed by atoms with Crippen molar-refractivity contribution in [1.29, 1.82) is 0 Å². The van der Waals surface area contributed by atoms with Crippen LogP contribution in [0.3, 0.4) is 0 Å². The fourth-order valence-electron chi connectivity index (χ4n) is 7.29. The Morgan fingerprint density at radius 2 is 0.570 bits per heavy atom. The highest BCUT2D eigenvalue weighted by atomic mass is 35.5. The van der Waals surface area contributed by atoms with Crippen molar-refractivity contribution in [3.63, 3.8) is 0 Å². The zero-order valence-electron chi connectivity index (χ0n) is 44.2. The molecule has 7 nitrogen and oxygen atoms in total. The van der Waals surface area contributed by atoms with Gasteiger partial charge in [-0.2, -0.15) is 0 Å². The van der Waals surface area contributed by atoms with Gasteiger partial charge in [-0.05, 0) is 226 Å². The van der Waals surface area contributed by atoms with E-state index in [4.69, 9.17) is 163 Å². The molecular weight excluding hydrogens is 1340 g/mol. The second kappa shape index (κ2) is 33.2. The first-order valence-corrected chi connectivity index (χ1v) is 29.3. The first kappa shape index (κ1) is 68.9. The molecule has 0 fully saturated rings. The number of fused-ring (bicyclic) bond motifs is 2. The van der Waals surface area contributed by atoms with Crippen molar-refractivity contribution < 1.29 is 33.3 Å². The van der Waals surface area contributed by atoms with Gasteiger partial charge < -0.3 is 23.7 Å². The molecule has 0 N–H and O–H groups in total. The predicted octanol–water partition coefficient (Wildman–Crippen LogP) is 26.7. The molecule has 440 valence electrons. The van der Waals surface area contributed by atoms with E-state index >= 15 is 0 Å². The molecule has 0 bridgehead atoms. The Balaban J connectivity index is 0.000000172. The van der Waals surface area contributed by atoms with Crippen molar-refractivity contribution in [2.75, 3.05) is 0 Å². The molecule has 0 spiro atoms. The number of halogens is 12. The van der Waals surface area contributed by atoms with Gasteiger partial charge in [0.15, 0.2) is 11.6 Å². The molecule has 86 heavy (non-hydrogen) atoms. The summed E-state index contributed by atoms with van der Waals surface area (Å²) in [5.41, 5.74) is 3.56. The lowest BCUT2D eigenvalue weighted by Gasteiger charge is -2.22. The first-order valence-electron chi connectivity index (χ1n) is 24.8. The van der Waals surface area contributed by atoms with Gasteiger partial charge in [0.25, 0.3) is 0 Å². The van der Waals surface area contributed by atoms with E-state index in [0.717, 1.165) is 39.7 Å². The molecule has 0 amide bonds. The van der Waals surface area contributed by atoms with E-state index in [1.807, 2.05) is 48.5 Å². The van der Waals surface area contributed by atoms with Crippen molar-refractivity contribution in [2.24, 2.45) is 0 Å². The van der Waals surface area contributed by atoms with E-state index < -0.39 is 0 Å². The normalized spacial score (nSPS) is 10.6. The molecule has 19 heteroatoms. The lowest BCUT2D eigenvalue weighted by molar-refractivity contribution is 0.100. The van der Waals surface area contributed by atoms with Crippen LogP contribution >= 0.6 is 139 Å². The summed E-state index contributed by atoms with van der Waals surface area (Å²) in [5.74, 6) is 5.98. The smallest absolute Gasteiger partial charge is 0.163 e. The van der Waals surface area contributed by atoms with E-state index in [1.54, 1.807) is 158 Å². The monoisotopic (exact) mass is 1380 g/mol. The quantitative estimate of drug-likeness (QED) is 0.126. The van der Waals surface area contributed by atoms with E-state index in [1.165, 1.54) is 13.8 Å². The molecule has 0 saturated heterocycles. The number of hydrogen-bond acceptors (Lipinski definition) is 7. The fourth-order valence-corrected chi connectivity index (χ4v) is 9.37.